The van der Waals surface area contributed by atoms with Crippen LogP contribution in [0.2, 0.25) is 0 Å². The Labute approximate surface area is 158 Å². The molecule has 4 aromatic rings. The first kappa shape index (κ1) is 17.3. The average molecular weight is 379 g/mol. The average Bonchev–Trinajstić information content (AvgIpc) is 3.05. The number of hydrogen-bond acceptors (Lipinski definition) is 5. The molecule has 0 unspecified atom stereocenters. The minimum absolute atomic E-state index is 0.167. The minimum Gasteiger partial charge on any atom is -0.309 e. The van der Waals surface area contributed by atoms with Crippen molar-refractivity contribution in [2.24, 2.45) is 0 Å². The lowest BCUT2D eigenvalue weighted by molar-refractivity contribution is 0.615. The molecule has 0 spiro atoms. The largest absolute Gasteiger partial charge is 0.343 e. The summed E-state index contributed by atoms with van der Waals surface area (Å²) in [5.74, 6) is 0.962. The molecule has 2 aromatic carbocycles. The standard InChI is InChI=1S/C19H17N5O2S/c25-17-14-8-4-5-9-15(14)20-16(21-17)12-27-19-23-22-18(26)24(19)11-10-13-6-2-1-3-7-13/h1-9H,10-12H2,(H,22,26)(H,20,21,25). The van der Waals surface area contributed by atoms with Crippen LogP contribution < -0.4 is 11.2 Å². The Bertz CT molecular complexity index is 1180. The number of nitrogens with one attached hydrogen (secondary N) is 2. The summed E-state index contributed by atoms with van der Waals surface area (Å²) in [5.41, 5.74) is 1.40. The normalized spacial score (nSPS) is 11.1. The number of H-pyrrole nitrogens is 2. The van der Waals surface area contributed by atoms with Crippen molar-refractivity contribution in [1.82, 2.24) is 24.7 Å². The summed E-state index contributed by atoms with van der Waals surface area (Å²) in [6.07, 6.45) is 0.735. The maximum absolute atomic E-state index is 12.2. The fraction of sp³-hybridized carbons (Fsp3) is 0.158. The summed E-state index contributed by atoms with van der Waals surface area (Å²) in [5, 5.41) is 7.73. The quantitative estimate of drug-likeness (QED) is 0.501. The Morgan fingerprint density at radius 3 is 2.63 bits per heavy atom. The molecule has 2 N–H and O–H groups in total. The van der Waals surface area contributed by atoms with Crippen LogP contribution in [-0.4, -0.2) is 24.7 Å². The number of para-hydroxylation sites is 1. The van der Waals surface area contributed by atoms with Crippen LogP contribution in [0.5, 0.6) is 0 Å². The molecule has 0 amide bonds. The first-order chi connectivity index (χ1) is 13.2. The molecule has 4 rings (SSSR count). The van der Waals surface area contributed by atoms with Crippen LogP contribution in [0.15, 0.2) is 69.3 Å². The van der Waals surface area contributed by atoms with Crippen LogP contribution in [0.1, 0.15) is 11.4 Å². The molecule has 136 valence electrons. The van der Waals surface area contributed by atoms with E-state index in [1.165, 1.54) is 11.8 Å². The number of fused-ring (bicyclic) bond motifs is 1. The molecule has 0 radical (unpaired) electrons. The third kappa shape index (κ3) is 3.85. The zero-order valence-corrected chi connectivity index (χ0v) is 15.2. The van der Waals surface area contributed by atoms with E-state index in [-0.39, 0.29) is 11.2 Å². The fourth-order valence-corrected chi connectivity index (χ4v) is 3.68. The van der Waals surface area contributed by atoms with E-state index in [0.717, 1.165) is 12.0 Å². The number of aromatic amines is 2. The highest BCUT2D eigenvalue weighted by atomic mass is 32.2. The highest BCUT2D eigenvalue weighted by molar-refractivity contribution is 7.98. The van der Waals surface area contributed by atoms with Crippen molar-refractivity contribution in [2.75, 3.05) is 0 Å². The predicted molar refractivity (Wildman–Crippen MR) is 105 cm³/mol. The van der Waals surface area contributed by atoms with Crippen LogP contribution in [-0.2, 0) is 18.7 Å². The van der Waals surface area contributed by atoms with Gasteiger partial charge in [0.05, 0.1) is 16.7 Å². The molecule has 0 saturated carbocycles. The number of nitrogens with zero attached hydrogens (tertiary/aromatic N) is 3. The molecular formula is C19H17N5O2S. The Balaban J connectivity index is 1.50. The number of thioether (sulfide) groups is 1. The van der Waals surface area contributed by atoms with Crippen molar-refractivity contribution in [3.05, 3.63) is 86.8 Å². The molecule has 7 nitrogen and oxygen atoms in total. The van der Waals surface area contributed by atoms with E-state index in [4.69, 9.17) is 0 Å². The molecule has 0 aliphatic heterocycles. The van der Waals surface area contributed by atoms with E-state index in [9.17, 15) is 9.59 Å². The van der Waals surface area contributed by atoms with Crippen molar-refractivity contribution in [1.29, 1.82) is 0 Å². The van der Waals surface area contributed by atoms with Crippen LogP contribution in [0.3, 0.4) is 0 Å². The Morgan fingerprint density at radius 2 is 1.78 bits per heavy atom. The monoisotopic (exact) mass is 379 g/mol. The predicted octanol–water partition coefficient (Wildman–Crippen LogP) is 2.34. The molecule has 0 aliphatic rings. The number of aromatic nitrogens is 5. The van der Waals surface area contributed by atoms with Gasteiger partial charge in [-0.1, -0.05) is 54.2 Å². The van der Waals surface area contributed by atoms with Crippen LogP contribution in [0.25, 0.3) is 10.9 Å². The van der Waals surface area contributed by atoms with Gasteiger partial charge in [0, 0.05) is 6.54 Å². The lowest BCUT2D eigenvalue weighted by atomic mass is 10.1. The molecule has 0 aliphatic carbocycles. The van der Waals surface area contributed by atoms with E-state index < -0.39 is 0 Å². The lowest BCUT2D eigenvalue weighted by Gasteiger charge is -2.06. The van der Waals surface area contributed by atoms with Crippen molar-refractivity contribution in [3.63, 3.8) is 0 Å². The Kier molecular flexibility index (Phi) is 4.88. The zero-order chi connectivity index (χ0) is 18.6. The van der Waals surface area contributed by atoms with Gasteiger partial charge in [0.15, 0.2) is 5.16 Å². The second-order valence-electron chi connectivity index (χ2n) is 6.02. The Hall–Kier alpha value is -3.13. The molecule has 0 fully saturated rings. The number of aryl methyl sites for hydroxylation is 1. The van der Waals surface area contributed by atoms with Gasteiger partial charge >= 0.3 is 5.69 Å². The van der Waals surface area contributed by atoms with E-state index in [0.29, 0.717) is 34.2 Å². The SMILES string of the molecule is O=c1[nH]c(CSc2n[nH]c(=O)n2CCc2ccccc2)nc2ccccc12. The minimum atomic E-state index is -0.242. The molecule has 2 heterocycles. The summed E-state index contributed by atoms with van der Waals surface area (Å²) in [7, 11) is 0. The van der Waals surface area contributed by atoms with Gasteiger partial charge in [0.25, 0.3) is 5.56 Å². The van der Waals surface area contributed by atoms with Gasteiger partial charge < -0.3 is 4.98 Å². The summed E-state index contributed by atoms with van der Waals surface area (Å²) in [4.78, 5) is 31.5. The summed E-state index contributed by atoms with van der Waals surface area (Å²) in [6.45, 7) is 0.531. The van der Waals surface area contributed by atoms with Gasteiger partial charge in [-0.25, -0.2) is 14.9 Å². The zero-order valence-electron chi connectivity index (χ0n) is 14.4. The molecule has 2 aromatic heterocycles. The summed E-state index contributed by atoms with van der Waals surface area (Å²) >= 11 is 1.36. The molecule has 0 bridgehead atoms. The third-order valence-electron chi connectivity index (χ3n) is 4.19. The number of rotatable bonds is 6. The van der Waals surface area contributed by atoms with Gasteiger partial charge in [-0.05, 0) is 24.1 Å². The van der Waals surface area contributed by atoms with Crippen LogP contribution in [0.4, 0.5) is 0 Å². The van der Waals surface area contributed by atoms with E-state index in [2.05, 4.69) is 20.2 Å². The molecule has 0 saturated heterocycles. The fourth-order valence-electron chi connectivity index (χ4n) is 2.83. The van der Waals surface area contributed by atoms with Crippen molar-refractivity contribution in [2.45, 2.75) is 23.9 Å². The first-order valence-corrected chi connectivity index (χ1v) is 9.49. The third-order valence-corrected chi connectivity index (χ3v) is 5.18. The van der Waals surface area contributed by atoms with Gasteiger partial charge in [0.2, 0.25) is 0 Å². The smallest absolute Gasteiger partial charge is 0.309 e. The van der Waals surface area contributed by atoms with Gasteiger partial charge in [0.1, 0.15) is 5.82 Å². The van der Waals surface area contributed by atoms with Crippen molar-refractivity contribution < 1.29 is 0 Å². The molecular weight excluding hydrogens is 362 g/mol. The Morgan fingerprint density at radius 1 is 1.00 bits per heavy atom. The van der Waals surface area contributed by atoms with E-state index >= 15 is 0 Å². The summed E-state index contributed by atoms with van der Waals surface area (Å²) < 4.78 is 1.61. The van der Waals surface area contributed by atoms with E-state index in [1.54, 1.807) is 10.6 Å². The molecule has 8 heteroatoms. The number of hydrogen-bond donors (Lipinski definition) is 2. The first-order valence-electron chi connectivity index (χ1n) is 8.50. The van der Waals surface area contributed by atoms with Crippen LogP contribution >= 0.6 is 11.8 Å². The van der Waals surface area contributed by atoms with Crippen molar-refractivity contribution >= 4 is 22.7 Å². The molecule has 27 heavy (non-hydrogen) atoms. The highest BCUT2D eigenvalue weighted by Crippen LogP contribution is 2.18. The maximum Gasteiger partial charge on any atom is 0.343 e. The molecule has 0 atom stereocenters. The lowest BCUT2D eigenvalue weighted by Crippen LogP contribution is -2.19. The topological polar surface area (TPSA) is 96.4 Å². The maximum atomic E-state index is 12.2. The second kappa shape index (κ2) is 7.63. The second-order valence-corrected chi connectivity index (χ2v) is 6.96. The number of benzene rings is 2. The van der Waals surface area contributed by atoms with Gasteiger partial charge in [-0.3, -0.25) is 9.36 Å². The van der Waals surface area contributed by atoms with E-state index in [1.807, 2.05) is 48.5 Å². The van der Waals surface area contributed by atoms with Crippen molar-refractivity contribution in [3.8, 4) is 0 Å². The summed E-state index contributed by atoms with van der Waals surface area (Å²) in [6, 6.07) is 17.2. The van der Waals surface area contributed by atoms with Gasteiger partial charge in [-0.2, -0.15) is 0 Å². The van der Waals surface area contributed by atoms with Gasteiger partial charge in [-0.15, -0.1) is 5.10 Å². The highest BCUT2D eigenvalue weighted by Gasteiger charge is 2.11. The van der Waals surface area contributed by atoms with Crippen LogP contribution in [0, 0.1) is 0 Å².